The van der Waals surface area contributed by atoms with E-state index in [-0.39, 0.29) is 16.8 Å². The van der Waals surface area contributed by atoms with Gasteiger partial charge in [0.25, 0.3) is 5.91 Å². The smallest absolute Gasteiger partial charge is 0.310 e. The van der Waals surface area contributed by atoms with E-state index in [1.807, 2.05) is 12.2 Å². The Hall–Kier alpha value is -2.23. The largest absolute Gasteiger partial charge is 0.452 e. The van der Waals surface area contributed by atoms with Crippen LogP contribution in [0.1, 0.15) is 26.2 Å². The van der Waals surface area contributed by atoms with Crippen molar-refractivity contribution in [2.45, 2.75) is 37.2 Å². The number of hydrogen-bond acceptors (Lipinski definition) is 6. The number of amides is 1. The molecule has 0 saturated carbocycles. The topological polar surface area (TPSA) is 102 Å². The van der Waals surface area contributed by atoms with E-state index in [0.717, 1.165) is 6.42 Å². The normalized spacial score (nSPS) is 21.3. The average molecular weight is 423 g/mol. The van der Waals surface area contributed by atoms with Crippen LogP contribution >= 0.6 is 0 Å². The maximum absolute atomic E-state index is 12.8. The van der Waals surface area contributed by atoms with Gasteiger partial charge in [0, 0.05) is 18.8 Å². The Morgan fingerprint density at radius 3 is 2.69 bits per heavy atom. The first-order valence-corrected chi connectivity index (χ1v) is 11.2. The van der Waals surface area contributed by atoms with Gasteiger partial charge in [-0.1, -0.05) is 18.2 Å². The summed E-state index contributed by atoms with van der Waals surface area (Å²) in [5.41, 5.74) is 0.327. The molecule has 1 N–H and O–H groups in total. The lowest BCUT2D eigenvalue weighted by atomic mass is 9.95. The second kappa shape index (κ2) is 9.51. The highest BCUT2D eigenvalue weighted by atomic mass is 32.2. The summed E-state index contributed by atoms with van der Waals surface area (Å²) in [6.07, 6.45) is 5.15. The van der Waals surface area contributed by atoms with Crippen molar-refractivity contribution in [3.8, 4) is 0 Å². The predicted octanol–water partition coefficient (Wildman–Crippen LogP) is 1.93. The van der Waals surface area contributed by atoms with Gasteiger partial charge in [-0.15, -0.1) is 0 Å². The molecule has 1 aliphatic carbocycles. The van der Waals surface area contributed by atoms with Crippen molar-refractivity contribution in [3.63, 3.8) is 0 Å². The van der Waals surface area contributed by atoms with Gasteiger partial charge in [-0.3, -0.25) is 9.59 Å². The van der Waals surface area contributed by atoms with Crippen molar-refractivity contribution in [3.05, 3.63) is 36.4 Å². The number of benzene rings is 1. The molecule has 29 heavy (non-hydrogen) atoms. The fourth-order valence-corrected chi connectivity index (χ4v) is 4.70. The standard InChI is InChI=1S/C20H26N2O6S/c1-15(28-20(24)16-6-3-2-4-7-16)19(23)21-17-8-5-9-18(14-17)29(25,26)22-10-12-27-13-11-22/h2-3,5,8-9,14-16H,4,6-7,10-13H2,1H3,(H,21,23)/t15-,16+/m0/s1. The first-order valence-electron chi connectivity index (χ1n) is 9.72. The van der Waals surface area contributed by atoms with Crippen LogP contribution in [0.4, 0.5) is 5.69 Å². The van der Waals surface area contributed by atoms with Gasteiger partial charge < -0.3 is 14.8 Å². The number of carbonyl (C=O) groups excluding carboxylic acids is 2. The minimum absolute atomic E-state index is 0.0934. The third-order valence-electron chi connectivity index (χ3n) is 4.97. The van der Waals surface area contributed by atoms with Crippen LogP contribution < -0.4 is 5.32 Å². The van der Waals surface area contributed by atoms with Gasteiger partial charge in [0.2, 0.25) is 10.0 Å². The molecule has 158 valence electrons. The van der Waals surface area contributed by atoms with Crippen LogP contribution in [0.2, 0.25) is 0 Å². The molecule has 2 atom stereocenters. The molecule has 1 fully saturated rings. The Bertz CT molecular complexity index is 877. The Balaban J connectivity index is 1.62. The van der Waals surface area contributed by atoms with Crippen LogP contribution in [0.25, 0.3) is 0 Å². The fraction of sp³-hybridized carbons (Fsp3) is 0.500. The van der Waals surface area contributed by atoms with Crippen LogP contribution in [0.5, 0.6) is 0 Å². The number of rotatable bonds is 6. The Morgan fingerprint density at radius 2 is 2.00 bits per heavy atom. The zero-order valence-corrected chi connectivity index (χ0v) is 17.2. The van der Waals surface area contributed by atoms with E-state index < -0.39 is 22.0 Å². The molecule has 1 aliphatic heterocycles. The highest BCUT2D eigenvalue weighted by molar-refractivity contribution is 7.89. The van der Waals surface area contributed by atoms with Gasteiger partial charge in [0.15, 0.2) is 6.10 Å². The lowest BCUT2D eigenvalue weighted by Crippen LogP contribution is -2.40. The number of nitrogens with one attached hydrogen (secondary N) is 1. The van der Waals surface area contributed by atoms with E-state index in [1.54, 1.807) is 12.1 Å². The lowest BCUT2D eigenvalue weighted by molar-refractivity contribution is -0.157. The van der Waals surface area contributed by atoms with Crippen molar-refractivity contribution in [2.75, 3.05) is 31.6 Å². The van der Waals surface area contributed by atoms with E-state index in [4.69, 9.17) is 9.47 Å². The van der Waals surface area contributed by atoms with Crippen molar-refractivity contribution >= 4 is 27.6 Å². The van der Waals surface area contributed by atoms with Crippen LogP contribution in [0.15, 0.2) is 41.3 Å². The zero-order valence-electron chi connectivity index (χ0n) is 16.4. The molecule has 1 aromatic carbocycles. The molecule has 1 saturated heterocycles. The molecular weight excluding hydrogens is 396 g/mol. The molecule has 0 radical (unpaired) electrons. The minimum atomic E-state index is -3.66. The molecule has 0 aromatic heterocycles. The number of anilines is 1. The van der Waals surface area contributed by atoms with Gasteiger partial charge in [-0.05, 0) is 44.4 Å². The summed E-state index contributed by atoms with van der Waals surface area (Å²) in [4.78, 5) is 24.7. The number of sulfonamides is 1. The second-order valence-corrected chi connectivity index (χ2v) is 9.03. The summed E-state index contributed by atoms with van der Waals surface area (Å²) >= 11 is 0. The molecule has 0 bridgehead atoms. The number of allylic oxidation sites excluding steroid dienone is 2. The number of morpholine rings is 1. The summed E-state index contributed by atoms with van der Waals surface area (Å²) in [6, 6.07) is 6.05. The molecule has 1 heterocycles. The van der Waals surface area contributed by atoms with Crippen LogP contribution in [0, 0.1) is 5.92 Å². The summed E-state index contributed by atoms with van der Waals surface area (Å²) < 4.78 is 37.4. The molecule has 2 aliphatic rings. The summed E-state index contributed by atoms with van der Waals surface area (Å²) in [5, 5.41) is 2.63. The maximum atomic E-state index is 12.8. The molecule has 0 unspecified atom stereocenters. The van der Waals surface area contributed by atoms with E-state index in [0.29, 0.717) is 44.8 Å². The van der Waals surface area contributed by atoms with Gasteiger partial charge in [-0.2, -0.15) is 4.31 Å². The van der Waals surface area contributed by atoms with Crippen LogP contribution in [-0.4, -0.2) is 57.0 Å². The Kier molecular flexibility index (Phi) is 7.05. The van der Waals surface area contributed by atoms with Crippen molar-refractivity contribution in [1.82, 2.24) is 4.31 Å². The minimum Gasteiger partial charge on any atom is -0.452 e. The summed E-state index contributed by atoms with van der Waals surface area (Å²) in [5.74, 6) is -1.12. The molecule has 8 nitrogen and oxygen atoms in total. The first-order chi connectivity index (χ1) is 13.9. The second-order valence-electron chi connectivity index (χ2n) is 7.09. The number of carbonyl (C=O) groups is 2. The molecule has 3 rings (SSSR count). The quantitative estimate of drug-likeness (QED) is 0.555. The van der Waals surface area contributed by atoms with Crippen molar-refractivity contribution < 1.29 is 27.5 Å². The highest BCUT2D eigenvalue weighted by Crippen LogP contribution is 2.22. The molecule has 9 heteroatoms. The third-order valence-corrected chi connectivity index (χ3v) is 6.87. The molecular formula is C20H26N2O6S. The third kappa shape index (κ3) is 5.43. The summed E-state index contributed by atoms with van der Waals surface area (Å²) in [7, 11) is -3.66. The number of nitrogens with zero attached hydrogens (tertiary/aromatic N) is 1. The average Bonchev–Trinajstić information content (AvgIpc) is 2.75. The first kappa shape index (κ1) is 21.5. The van der Waals surface area contributed by atoms with E-state index in [9.17, 15) is 18.0 Å². The van der Waals surface area contributed by atoms with Gasteiger partial charge >= 0.3 is 5.97 Å². The van der Waals surface area contributed by atoms with E-state index in [1.165, 1.54) is 23.4 Å². The predicted molar refractivity (Wildman–Crippen MR) is 107 cm³/mol. The number of hydrogen-bond donors (Lipinski definition) is 1. The lowest BCUT2D eigenvalue weighted by Gasteiger charge is -2.26. The van der Waals surface area contributed by atoms with Crippen LogP contribution in [0.3, 0.4) is 0 Å². The maximum Gasteiger partial charge on any atom is 0.310 e. The number of ether oxygens (including phenoxy) is 2. The SMILES string of the molecule is C[C@H](OC(=O)[C@@H]1CC=CCC1)C(=O)Nc1cccc(S(=O)(=O)N2CCOCC2)c1. The van der Waals surface area contributed by atoms with Gasteiger partial charge in [0.05, 0.1) is 24.0 Å². The van der Waals surface area contributed by atoms with E-state index in [2.05, 4.69) is 5.32 Å². The van der Waals surface area contributed by atoms with Gasteiger partial charge in [0.1, 0.15) is 0 Å². The zero-order chi connectivity index (χ0) is 20.9. The van der Waals surface area contributed by atoms with Gasteiger partial charge in [-0.25, -0.2) is 8.42 Å². The van der Waals surface area contributed by atoms with Crippen molar-refractivity contribution in [1.29, 1.82) is 0 Å². The monoisotopic (exact) mass is 422 g/mol. The molecule has 0 spiro atoms. The molecule has 1 aromatic rings. The van der Waals surface area contributed by atoms with Crippen LogP contribution in [-0.2, 0) is 29.1 Å². The fourth-order valence-electron chi connectivity index (χ4n) is 3.25. The Labute approximate surface area is 170 Å². The molecule has 1 amide bonds. The highest BCUT2D eigenvalue weighted by Gasteiger charge is 2.27. The summed E-state index contributed by atoms with van der Waals surface area (Å²) in [6.45, 7) is 2.80. The van der Waals surface area contributed by atoms with Crippen molar-refractivity contribution in [2.24, 2.45) is 5.92 Å². The number of esters is 1. The Morgan fingerprint density at radius 1 is 1.24 bits per heavy atom. The van der Waals surface area contributed by atoms with E-state index >= 15 is 0 Å².